The number of carbonyl (C=O) groups is 1. The Hall–Kier alpha value is -2.35. The summed E-state index contributed by atoms with van der Waals surface area (Å²) in [7, 11) is 5.84. The van der Waals surface area contributed by atoms with Gasteiger partial charge in [-0.05, 0) is 39.1 Å². The van der Waals surface area contributed by atoms with Gasteiger partial charge in [-0.1, -0.05) is 6.07 Å². The lowest BCUT2D eigenvalue weighted by Gasteiger charge is -2.32. The highest BCUT2D eigenvalue weighted by atomic mass is 19.2. The first-order chi connectivity index (χ1) is 12.4. The van der Waals surface area contributed by atoms with Crippen molar-refractivity contribution in [2.24, 2.45) is 7.05 Å². The van der Waals surface area contributed by atoms with E-state index in [0.29, 0.717) is 19.6 Å². The maximum absolute atomic E-state index is 14.0. The van der Waals surface area contributed by atoms with Crippen LogP contribution in [0.15, 0.2) is 18.2 Å². The van der Waals surface area contributed by atoms with Crippen LogP contribution in [0.25, 0.3) is 0 Å². The number of amides is 1. The van der Waals surface area contributed by atoms with E-state index in [1.54, 1.807) is 4.90 Å². The molecule has 0 spiro atoms. The summed E-state index contributed by atoms with van der Waals surface area (Å²) in [6, 6.07) is 3.68. The van der Waals surface area contributed by atoms with Gasteiger partial charge in [0.05, 0.1) is 12.1 Å². The summed E-state index contributed by atoms with van der Waals surface area (Å²) in [6.45, 7) is 1.61. The Kier molecular flexibility index (Phi) is 5.31. The van der Waals surface area contributed by atoms with Gasteiger partial charge in [0.25, 0.3) is 5.91 Å². The van der Waals surface area contributed by atoms with Crippen molar-refractivity contribution in [1.82, 2.24) is 24.6 Å². The Bertz CT molecular complexity index is 805. The van der Waals surface area contributed by atoms with Crippen molar-refractivity contribution in [3.05, 3.63) is 47.0 Å². The topological polar surface area (TPSA) is 54.3 Å². The van der Waals surface area contributed by atoms with Crippen LogP contribution in [0.5, 0.6) is 0 Å². The minimum Gasteiger partial charge on any atom is -0.338 e. The SMILES string of the molecule is CN(C)Cc1nnc([C@H]2CCCN(C(=O)c3cccc(F)c3F)C2)n1C. The predicted molar refractivity (Wildman–Crippen MR) is 92.6 cm³/mol. The van der Waals surface area contributed by atoms with Gasteiger partial charge < -0.3 is 14.4 Å². The monoisotopic (exact) mass is 363 g/mol. The second-order valence-corrected chi connectivity index (χ2v) is 6.96. The van der Waals surface area contributed by atoms with Crippen LogP contribution < -0.4 is 0 Å². The zero-order valence-electron chi connectivity index (χ0n) is 15.2. The number of piperidine rings is 1. The van der Waals surface area contributed by atoms with E-state index in [9.17, 15) is 13.6 Å². The van der Waals surface area contributed by atoms with E-state index in [0.717, 1.165) is 30.6 Å². The van der Waals surface area contributed by atoms with Gasteiger partial charge in [-0.15, -0.1) is 10.2 Å². The third kappa shape index (κ3) is 3.60. The Morgan fingerprint density at radius 2 is 2.08 bits per heavy atom. The minimum atomic E-state index is -1.09. The van der Waals surface area contributed by atoms with Gasteiger partial charge in [0.2, 0.25) is 0 Å². The molecule has 26 heavy (non-hydrogen) atoms. The fourth-order valence-corrected chi connectivity index (χ4v) is 3.36. The number of nitrogens with zero attached hydrogens (tertiary/aromatic N) is 5. The lowest BCUT2D eigenvalue weighted by molar-refractivity contribution is 0.0697. The first kappa shape index (κ1) is 18.4. The van der Waals surface area contributed by atoms with Gasteiger partial charge >= 0.3 is 0 Å². The van der Waals surface area contributed by atoms with Crippen LogP contribution in [0.4, 0.5) is 8.78 Å². The number of hydrogen-bond acceptors (Lipinski definition) is 4. The van der Waals surface area contributed by atoms with Gasteiger partial charge in [0, 0.05) is 26.1 Å². The van der Waals surface area contributed by atoms with Gasteiger partial charge in [0.1, 0.15) is 11.6 Å². The molecule has 2 heterocycles. The van der Waals surface area contributed by atoms with Crippen LogP contribution in [0.1, 0.15) is 40.8 Å². The molecule has 1 aliphatic heterocycles. The molecule has 6 nitrogen and oxygen atoms in total. The first-order valence-corrected chi connectivity index (χ1v) is 8.64. The second-order valence-electron chi connectivity index (χ2n) is 6.96. The van der Waals surface area contributed by atoms with Crippen LogP contribution in [0.2, 0.25) is 0 Å². The molecule has 3 rings (SSSR count). The van der Waals surface area contributed by atoms with E-state index in [2.05, 4.69) is 10.2 Å². The van der Waals surface area contributed by atoms with Crippen molar-refractivity contribution in [2.45, 2.75) is 25.3 Å². The average Bonchev–Trinajstić information content (AvgIpc) is 2.97. The summed E-state index contributed by atoms with van der Waals surface area (Å²) < 4.78 is 29.4. The predicted octanol–water partition coefficient (Wildman–Crippen LogP) is 2.17. The molecule has 0 radical (unpaired) electrons. The smallest absolute Gasteiger partial charge is 0.256 e. The molecule has 0 aliphatic carbocycles. The molecule has 0 N–H and O–H groups in total. The molecule has 1 aliphatic rings. The van der Waals surface area contributed by atoms with E-state index in [1.165, 1.54) is 12.1 Å². The fraction of sp³-hybridized carbons (Fsp3) is 0.500. The van der Waals surface area contributed by atoms with E-state index in [1.807, 2.05) is 30.6 Å². The fourth-order valence-electron chi connectivity index (χ4n) is 3.36. The second kappa shape index (κ2) is 7.49. The number of aromatic nitrogens is 3. The van der Waals surface area contributed by atoms with Crippen molar-refractivity contribution in [3.63, 3.8) is 0 Å². The summed E-state index contributed by atoms with van der Waals surface area (Å²) in [6.07, 6.45) is 1.66. The number of benzene rings is 1. The molecule has 1 fully saturated rings. The molecular formula is C18H23F2N5O. The highest BCUT2D eigenvalue weighted by Gasteiger charge is 2.30. The maximum atomic E-state index is 14.0. The number of hydrogen-bond donors (Lipinski definition) is 0. The van der Waals surface area contributed by atoms with E-state index < -0.39 is 17.5 Å². The molecular weight excluding hydrogens is 340 g/mol. The number of halogens is 2. The van der Waals surface area contributed by atoms with Crippen LogP contribution in [-0.4, -0.2) is 57.7 Å². The first-order valence-electron chi connectivity index (χ1n) is 8.64. The molecule has 1 atom stereocenters. The summed E-state index contributed by atoms with van der Waals surface area (Å²) in [4.78, 5) is 16.2. The minimum absolute atomic E-state index is 0.0257. The van der Waals surface area contributed by atoms with Gasteiger partial charge in [0.15, 0.2) is 11.6 Å². The van der Waals surface area contributed by atoms with Crippen molar-refractivity contribution in [1.29, 1.82) is 0 Å². The summed E-state index contributed by atoms with van der Waals surface area (Å²) in [5.74, 6) is -0.888. The zero-order chi connectivity index (χ0) is 18.8. The number of rotatable bonds is 4. The number of likely N-dealkylation sites (tertiary alicyclic amines) is 1. The highest BCUT2D eigenvalue weighted by molar-refractivity contribution is 5.94. The van der Waals surface area contributed by atoms with E-state index in [4.69, 9.17) is 0 Å². The molecule has 1 saturated heterocycles. The summed E-state index contributed by atoms with van der Waals surface area (Å²) >= 11 is 0. The van der Waals surface area contributed by atoms with Crippen LogP contribution in [0, 0.1) is 11.6 Å². The summed E-state index contributed by atoms with van der Waals surface area (Å²) in [5, 5.41) is 8.55. The van der Waals surface area contributed by atoms with Crippen molar-refractivity contribution in [2.75, 3.05) is 27.2 Å². The molecule has 140 valence electrons. The van der Waals surface area contributed by atoms with Crippen molar-refractivity contribution < 1.29 is 13.6 Å². The normalized spacial score (nSPS) is 17.8. The zero-order valence-corrected chi connectivity index (χ0v) is 15.2. The Morgan fingerprint density at radius 3 is 2.81 bits per heavy atom. The molecule has 0 unspecified atom stereocenters. The van der Waals surface area contributed by atoms with Gasteiger partial charge in [-0.3, -0.25) is 4.79 Å². The molecule has 1 aromatic heterocycles. The van der Waals surface area contributed by atoms with Crippen molar-refractivity contribution >= 4 is 5.91 Å². The molecule has 1 amide bonds. The summed E-state index contributed by atoms with van der Waals surface area (Å²) in [5.41, 5.74) is -0.225. The Morgan fingerprint density at radius 1 is 1.31 bits per heavy atom. The Labute approximate surface area is 151 Å². The van der Waals surface area contributed by atoms with E-state index in [-0.39, 0.29) is 11.5 Å². The largest absolute Gasteiger partial charge is 0.338 e. The third-order valence-corrected chi connectivity index (χ3v) is 4.71. The molecule has 0 bridgehead atoms. The molecule has 2 aromatic rings. The molecule has 8 heteroatoms. The lowest BCUT2D eigenvalue weighted by atomic mass is 9.96. The maximum Gasteiger partial charge on any atom is 0.256 e. The number of carbonyl (C=O) groups excluding carboxylic acids is 1. The Balaban J connectivity index is 1.78. The van der Waals surface area contributed by atoms with Gasteiger partial charge in [-0.2, -0.15) is 0 Å². The molecule has 0 saturated carbocycles. The standard InChI is InChI=1S/C18H23F2N5O/c1-23(2)11-15-21-22-17(24(15)3)12-6-5-9-25(10-12)18(26)13-7-4-8-14(19)16(13)20/h4,7-8,12H,5-6,9-11H2,1-3H3/t12-/m0/s1. The van der Waals surface area contributed by atoms with Crippen LogP contribution in [0.3, 0.4) is 0 Å². The highest BCUT2D eigenvalue weighted by Crippen LogP contribution is 2.27. The average molecular weight is 363 g/mol. The van der Waals surface area contributed by atoms with Crippen LogP contribution in [-0.2, 0) is 13.6 Å². The van der Waals surface area contributed by atoms with E-state index >= 15 is 0 Å². The molecule has 1 aromatic carbocycles. The van der Waals surface area contributed by atoms with Crippen molar-refractivity contribution in [3.8, 4) is 0 Å². The lowest BCUT2D eigenvalue weighted by Crippen LogP contribution is -2.40. The third-order valence-electron chi connectivity index (χ3n) is 4.71. The quantitative estimate of drug-likeness (QED) is 0.836. The van der Waals surface area contributed by atoms with Crippen LogP contribution >= 0.6 is 0 Å². The van der Waals surface area contributed by atoms with Gasteiger partial charge in [-0.25, -0.2) is 8.78 Å².